The predicted octanol–water partition coefficient (Wildman–Crippen LogP) is 4.89. The first kappa shape index (κ1) is 14.1. The lowest BCUT2D eigenvalue weighted by Gasteiger charge is -2.18. The molecule has 21 heavy (non-hydrogen) atoms. The predicted molar refractivity (Wildman–Crippen MR) is 81.4 cm³/mol. The van der Waals surface area contributed by atoms with Crippen molar-refractivity contribution in [3.05, 3.63) is 35.8 Å². The van der Waals surface area contributed by atoms with E-state index in [9.17, 15) is 4.39 Å². The standard InChI is InChI=1S/C17H21FN2O/c18-14-10-6-9-13(11-14)15-16(20-21-17(15)19)12-7-4-2-1-3-5-8-12/h6,9-12H,1-5,7-8,19H2. The van der Waals surface area contributed by atoms with Gasteiger partial charge in [0.2, 0.25) is 5.88 Å². The van der Waals surface area contributed by atoms with Crippen LogP contribution in [0.3, 0.4) is 0 Å². The smallest absolute Gasteiger partial charge is 0.230 e. The topological polar surface area (TPSA) is 52.0 Å². The third-order valence-corrected chi connectivity index (χ3v) is 4.35. The Morgan fingerprint density at radius 2 is 1.81 bits per heavy atom. The van der Waals surface area contributed by atoms with E-state index in [-0.39, 0.29) is 11.7 Å². The number of nitrogens with two attached hydrogens (primary N) is 1. The molecule has 1 heterocycles. The molecule has 0 radical (unpaired) electrons. The summed E-state index contributed by atoms with van der Waals surface area (Å²) < 4.78 is 18.7. The van der Waals surface area contributed by atoms with E-state index in [1.807, 2.05) is 6.07 Å². The van der Waals surface area contributed by atoms with Gasteiger partial charge in [-0.3, -0.25) is 0 Å². The highest BCUT2D eigenvalue weighted by molar-refractivity contribution is 5.75. The highest BCUT2D eigenvalue weighted by Gasteiger charge is 2.24. The molecule has 2 N–H and O–H groups in total. The summed E-state index contributed by atoms with van der Waals surface area (Å²) in [5.74, 6) is 0.388. The molecule has 1 aromatic carbocycles. The molecule has 2 aromatic rings. The van der Waals surface area contributed by atoms with E-state index in [4.69, 9.17) is 10.3 Å². The Bertz CT molecular complexity index is 601. The van der Waals surface area contributed by atoms with Gasteiger partial charge in [0, 0.05) is 5.92 Å². The van der Waals surface area contributed by atoms with Gasteiger partial charge in [0.25, 0.3) is 0 Å². The number of hydrogen-bond acceptors (Lipinski definition) is 3. The van der Waals surface area contributed by atoms with Crippen molar-refractivity contribution in [3.63, 3.8) is 0 Å². The van der Waals surface area contributed by atoms with Crippen LogP contribution in [0.15, 0.2) is 28.8 Å². The molecular weight excluding hydrogens is 267 g/mol. The number of nitrogens with zero attached hydrogens (tertiary/aromatic N) is 1. The van der Waals surface area contributed by atoms with E-state index in [0.29, 0.717) is 5.92 Å². The van der Waals surface area contributed by atoms with Gasteiger partial charge in [-0.25, -0.2) is 4.39 Å². The lowest BCUT2D eigenvalue weighted by Crippen LogP contribution is -2.04. The van der Waals surface area contributed by atoms with Gasteiger partial charge >= 0.3 is 0 Å². The van der Waals surface area contributed by atoms with Crippen LogP contribution in [0.1, 0.15) is 56.6 Å². The highest BCUT2D eigenvalue weighted by Crippen LogP contribution is 2.39. The average Bonchev–Trinajstić information content (AvgIpc) is 2.80. The minimum atomic E-state index is -0.267. The normalized spacial score (nSPS) is 17.4. The summed E-state index contributed by atoms with van der Waals surface area (Å²) in [5, 5.41) is 4.20. The van der Waals surface area contributed by atoms with E-state index in [1.54, 1.807) is 6.07 Å². The summed E-state index contributed by atoms with van der Waals surface area (Å²) in [7, 11) is 0. The molecule has 0 unspecified atom stereocenters. The maximum Gasteiger partial charge on any atom is 0.230 e. The third kappa shape index (κ3) is 3.09. The van der Waals surface area contributed by atoms with Crippen molar-refractivity contribution < 1.29 is 8.91 Å². The minimum Gasteiger partial charge on any atom is -0.367 e. The molecule has 0 atom stereocenters. The Morgan fingerprint density at radius 3 is 2.52 bits per heavy atom. The van der Waals surface area contributed by atoms with Gasteiger partial charge in [-0.1, -0.05) is 49.4 Å². The van der Waals surface area contributed by atoms with Crippen molar-refractivity contribution in [1.29, 1.82) is 0 Å². The molecule has 1 aliphatic rings. The Morgan fingerprint density at radius 1 is 1.10 bits per heavy atom. The summed E-state index contributed by atoms with van der Waals surface area (Å²) in [5.41, 5.74) is 8.38. The summed E-state index contributed by atoms with van der Waals surface area (Å²) in [6.45, 7) is 0. The van der Waals surface area contributed by atoms with Gasteiger partial charge in [-0.2, -0.15) is 0 Å². The molecule has 1 fully saturated rings. The fourth-order valence-electron chi connectivity index (χ4n) is 3.26. The van der Waals surface area contributed by atoms with Gasteiger partial charge in [0.1, 0.15) is 5.82 Å². The van der Waals surface area contributed by atoms with Crippen LogP contribution in [0.4, 0.5) is 10.3 Å². The molecular formula is C17H21FN2O. The minimum absolute atomic E-state index is 0.267. The van der Waals surface area contributed by atoms with Crippen LogP contribution >= 0.6 is 0 Å². The average molecular weight is 288 g/mol. The number of rotatable bonds is 2. The number of benzene rings is 1. The van der Waals surface area contributed by atoms with Crippen LogP contribution in [-0.2, 0) is 0 Å². The molecule has 1 saturated carbocycles. The van der Waals surface area contributed by atoms with Gasteiger partial charge in [0.15, 0.2) is 0 Å². The van der Waals surface area contributed by atoms with Crippen LogP contribution in [0.2, 0.25) is 0 Å². The SMILES string of the molecule is Nc1onc(C2CCCCCCC2)c1-c1cccc(F)c1. The lowest BCUT2D eigenvalue weighted by atomic mass is 9.86. The monoisotopic (exact) mass is 288 g/mol. The van der Waals surface area contributed by atoms with E-state index in [2.05, 4.69) is 5.16 Å². The summed E-state index contributed by atoms with van der Waals surface area (Å²) >= 11 is 0. The first-order chi connectivity index (χ1) is 10.3. The number of anilines is 1. The second-order valence-electron chi connectivity index (χ2n) is 5.86. The zero-order chi connectivity index (χ0) is 14.7. The van der Waals surface area contributed by atoms with Gasteiger partial charge in [-0.05, 0) is 30.5 Å². The second-order valence-corrected chi connectivity index (χ2v) is 5.86. The Labute approximate surface area is 124 Å². The molecule has 3 nitrogen and oxygen atoms in total. The maximum absolute atomic E-state index is 13.5. The fourth-order valence-corrected chi connectivity index (χ4v) is 3.26. The zero-order valence-corrected chi connectivity index (χ0v) is 12.1. The quantitative estimate of drug-likeness (QED) is 0.855. The van der Waals surface area contributed by atoms with Crippen molar-refractivity contribution in [2.24, 2.45) is 0 Å². The van der Waals surface area contributed by atoms with Crippen molar-refractivity contribution in [1.82, 2.24) is 5.16 Å². The van der Waals surface area contributed by atoms with E-state index >= 15 is 0 Å². The Balaban J connectivity index is 1.96. The maximum atomic E-state index is 13.5. The van der Waals surface area contributed by atoms with Crippen molar-refractivity contribution in [3.8, 4) is 11.1 Å². The number of nitrogen functional groups attached to an aromatic ring is 1. The Hall–Kier alpha value is -1.84. The molecule has 0 saturated heterocycles. The molecule has 0 amide bonds. The molecule has 3 rings (SSSR count). The number of halogens is 1. The first-order valence-electron chi connectivity index (χ1n) is 7.76. The fraction of sp³-hybridized carbons (Fsp3) is 0.471. The zero-order valence-electron chi connectivity index (χ0n) is 12.1. The van der Waals surface area contributed by atoms with E-state index in [0.717, 1.165) is 29.7 Å². The van der Waals surface area contributed by atoms with Crippen LogP contribution in [0, 0.1) is 5.82 Å². The number of aromatic nitrogens is 1. The van der Waals surface area contributed by atoms with Gasteiger partial charge in [0.05, 0.1) is 11.3 Å². The van der Waals surface area contributed by atoms with Crippen LogP contribution in [0.25, 0.3) is 11.1 Å². The van der Waals surface area contributed by atoms with Gasteiger partial charge in [-0.15, -0.1) is 0 Å². The molecule has 0 spiro atoms. The van der Waals surface area contributed by atoms with Crippen LogP contribution < -0.4 is 5.73 Å². The molecule has 1 aliphatic carbocycles. The molecule has 1 aromatic heterocycles. The van der Waals surface area contributed by atoms with E-state index in [1.165, 1.54) is 44.2 Å². The first-order valence-corrected chi connectivity index (χ1v) is 7.76. The largest absolute Gasteiger partial charge is 0.367 e. The lowest BCUT2D eigenvalue weighted by molar-refractivity contribution is 0.395. The molecule has 0 aliphatic heterocycles. The van der Waals surface area contributed by atoms with Gasteiger partial charge < -0.3 is 10.3 Å². The van der Waals surface area contributed by atoms with Crippen molar-refractivity contribution in [2.45, 2.75) is 50.9 Å². The van der Waals surface area contributed by atoms with Crippen LogP contribution in [-0.4, -0.2) is 5.16 Å². The summed E-state index contributed by atoms with van der Waals surface area (Å²) in [6.07, 6.45) is 8.51. The van der Waals surface area contributed by atoms with Crippen molar-refractivity contribution in [2.75, 3.05) is 5.73 Å². The number of hydrogen-bond donors (Lipinski definition) is 1. The molecule has 112 valence electrons. The molecule has 4 heteroatoms. The summed E-state index contributed by atoms with van der Waals surface area (Å²) in [6, 6.07) is 6.48. The second kappa shape index (κ2) is 6.29. The van der Waals surface area contributed by atoms with E-state index < -0.39 is 0 Å². The third-order valence-electron chi connectivity index (χ3n) is 4.35. The molecule has 0 bridgehead atoms. The van der Waals surface area contributed by atoms with Crippen molar-refractivity contribution >= 4 is 5.88 Å². The summed E-state index contributed by atoms with van der Waals surface area (Å²) in [4.78, 5) is 0. The Kier molecular flexibility index (Phi) is 4.23. The van der Waals surface area contributed by atoms with Crippen LogP contribution in [0.5, 0.6) is 0 Å². The highest BCUT2D eigenvalue weighted by atomic mass is 19.1.